The number of fused-ring (bicyclic) bond motifs is 1. The summed E-state index contributed by atoms with van der Waals surface area (Å²) in [6, 6.07) is 8.16. The molecule has 0 atom stereocenters. The summed E-state index contributed by atoms with van der Waals surface area (Å²) in [6.07, 6.45) is 8.76. The maximum atomic E-state index is 9.43. The lowest BCUT2D eigenvalue weighted by molar-refractivity contribution is 0.283. The van der Waals surface area contributed by atoms with Crippen LogP contribution in [0.5, 0.6) is 0 Å². The summed E-state index contributed by atoms with van der Waals surface area (Å²) in [5, 5.41) is 10.6. The molecule has 0 saturated heterocycles. The molecule has 0 aliphatic carbocycles. The molecule has 2 heterocycles. The van der Waals surface area contributed by atoms with Crippen LogP contribution in [0.2, 0.25) is 0 Å². The van der Waals surface area contributed by atoms with E-state index < -0.39 is 0 Å². The van der Waals surface area contributed by atoms with Gasteiger partial charge in [-0.05, 0) is 17.9 Å². The Morgan fingerprint density at radius 3 is 2.84 bits per heavy atom. The molecule has 4 nitrogen and oxygen atoms in total. The normalized spacial score (nSPS) is 11.2. The van der Waals surface area contributed by atoms with Gasteiger partial charge in [-0.2, -0.15) is 0 Å². The van der Waals surface area contributed by atoms with Crippen LogP contribution in [0.4, 0.5) is 0 Å². The Morgan fingerprint density at radius 2 is 2.05 bits per heavy atom. The van der Waals surface area contributed by atoms with Gasteiger partial charge in [0.2, 0.25) is 0 Å². The largest absolute Gasteiger partial charge is 0.392 e. The molecular formula is C15H17N3O. The first-order chi connectivity index (χ1) is 9.38. The standard InChI is InChI=1S/C15H17N3O/c19-11-14-4-1-3-13-5-9-18(15(13)14)8-2-7-17-10-6-16-12-17/h1,3-6,9-10,12,19H,2,7-8,11H2. The fraction of sp³-hybridized carbons (Fsp3) is 0.267. The molecule has 0 aliphatic heterocycles. The number of aryl methyl sites for hydroxylation is 2. The number of imidazole rings is 1. The number of rotatable bonds is 5. The summed E-state index contributed by atoms with van der Waals surface area (Å²) in [5.74, 6) is 0. The molecule has 1 N–H and O–H groups in total. The third-order valence-electron chi connectivity index (χ3n) is 3.42. The molecular weight excluding hydrogens is 238 g/mol. The van der Waals surface area contributed by atoms with E-state index in [1.165, 1.54) is 5.39 Å². The number of nitrogens with zero attached hydrogens (tertiary/aromatic N) is 3. The summed E-state index contributed by atoms with van der Waals surface area (Å²) in [4.78, 5) is 4.04. The van der Waals surface area contributed by atoms with Crippen LogP contribution >= 0.6 is 0 Å². The Bertz CT molecular complexity index is 655. The Balaban J connectivity index is 1.77. The molecule has 3 rings (SSSR count). The summed E-state index contributed by atoms with van der Waals surface area (Å²) >= 11 is 0. The topological polar surface area (TPSA) is 43.0 Å². The van der Waals surface area contributed by atoms with Crippen LogP contribution < -0.4 is 0 Å². The van der Waals surface area contributed by atoms with Gasteiger partial charge in [-0.1, -0.05) is 18.2 Å². The van der Waals surface area contributed by atoms with Crippen molar-refractivity contribution in [2.75, 3.05) is 0 Å². The summed E-state index contributed by atoms with van der Waals surface area (Å²) in [7, 11) is 0. The maximum absolute atomic E-state index is 9.43. The average Bonchev–Trinajstić information content (AvgIpc) is 3.08. The smallest absolute Gasteiger partial charge is 0.0945 e. The predicted molar refractivity (Wildman–Crippen MR) is 74.7 cm³/mol. The Hall–Kier alpha value is -2.07. The van der Waals surface area contributed by atoms with Gasteiger partial charge in [-0.3, -0.25) is 0 Å². The first-order valence-corrected chi connectivity index (χ1v) is 6.52. The van der Waals surface area contributed by atoms with Gasteiger partial charge in [0.05, 0.1) is 18.5 Å². The van der Waals surface area contributed by atoms with Crippen LogP contribution in [0.15, 0.2) is 49.2 Å². The van der Waals surface area contributed by atoms with Crippen LogP contribution in [-0.4, -0.2) is 19.2 Å². The molecule has 0 fully saturated rings. The zero-order valence-electron chi connectivity index (χ0n) is 10.7. The van der Waals surface area contributed by atoms with Gasteiger partial charge >= 0.3 is 0 Å². The fourth-order valence-corrected chi connectivity index (χ4v) is 2.50. The third kappa shape index (κ3) is 2.39. The molecule has 2 aromatic heterocycles. The lowest BCUT2D eigenvalue weighted by atomic mass is 10.1. The second-order valence-corrected chi connectivity index (χ2v) is 4.68. The molecule has 19 heavy (non-hydrogen) atoms. The zero-order chi connectivity index (χ0) is 13.1. The number of aromatic nitrogens is 3. The molecule has 0 spiro atoms. The molecule has 0 aliphatic rings. The highest BCUT2D eigenvalue weighted by Gasteiger charge is 2.05. The third-order valence-corrected chi connectivity index (χ3v) is 3.42. The number of aliphatic hydroxyl groups excluding tert-OH is 1. The maximum Gasteiger partial charge on any atom is 0.0945 e. The lowest BCUT2D eigenvalue weighted by Gasteiger charge is -2.09. The monoisotopic (exact) mass is 255 g/mol. The minimum atomic E-state index is 0.0862. The van der Waals surface area contributed by atoms with E-state index in [1.54, 1.807) is 6.20 Å². The van der Waals surface area contributed by atoms with Crippen LogP contribution in [0.25, 0.3) is 10.9 Å². The van der Waals surface area contributed by atoms with Crippen molar-refractivity contribution in [3.8, 4) is 0 Å². The quantitative estimate of drug-likeness (QED) is 0.761. The first-order valence-electron chi connectivity index (χ1n) is 6.52. The molecule has 0 saturated carbocycles. The van der Waals surface area contributed by atoms with Crippen LogP contribution in [0.3, 0.4) is 0 Å². The van der Waals surface area contributed by atoms with E-state index in [0.717, 1.165) is 30.6 Å². The van der Waals surface area contributed by atoms with E-state index in [-0.39, 0.29) is 6.61 Å². The highest BCUT2D eigenvalue weighted by molar-refractivity contribution is 5.83. The van der Waals surface area contributed by atoms with Crippen molar-refractivity contribution in [1.82, 2.24) is 14.1 Å². The molecule has 4 heteroatoms. The number of hydrogen-bond acceptors (Lipinski definition) is 2. The molecule has 0 bridgehead atoms. The number of benzene rings is 1. The Labute approximate surface area is 111 Å². The SMILES string of the molecule is OCc1cccc2ccn(CCCn3ccnc3)c12. The van der Waals surface area contributed by atoms with Gasteiger partial charge in [-0.15, -0.1) is 0 Å². The van der Waals surface area contributed by atoms with E-state index in [2.05, 4.69) is 32.4 Å². The van der Waals surface area contributed by atoms with Gasteiger partial charge in [0, 0.05) is 37.2 Å². The summed E-state index contributed by atoms with van der Waals surface area (Å²) < 4.78 is 4.30. The average molecular weight is 255 g/mol. The minimum absolute atomic E-state index is 0.0862. The van der Waals surface area contributed by atoms with Gasteiger partial charge in [0.25, 0.3) is 0 Å². The summed E-state index contributed by atoms with van der Waals surface area (Å²) in [5.41, 5.74) is 2.14. The first kappa shape index (κ1) is 12.0. The van der Waals surface area contributed by atoms with E-state index in [0.29, 0.717) is 0 Å². The Morgan fingerprint density at radius 1 is 1.11 bits per heavy atom. The van der Waals surface area contributed by atoms with Crippen molar-refractivity contribution in [3.63, 3.8) is 0 Å². The molecule has 3 aromatic rings. The number of hydrogen-bond donors (Lipinski definition) is 1. The lowest BCUT2D eigenvalue weighted by Crippen LogP contribution is -2.03. The van der Waals surface area contributed by atoms with Crippen LogP contribution in [0.1, 0.15) is 12.0 Å². The van der Waals surface area contributed by atoms with Gasteiger partial charge in [0.1, 0.15) is 0 Å². The van der Waals surface area contributed by atoms with Gasteiger partial charge < -0.3 is 14.2 Å². The van der Waals surface area contributed by atoms with Gasteiger partial charge in [0.15, 0.2) is 0 Å². The molecule has 0 amide bonds. The summed E-state index contributed by atoms with van der Waals surface area (Å²) in [6.45, 7) is 1.99. The zero-order valence-corrected chi connectivity index (χ0v) is 10.7. The van der Waals surface area contributed by atoms with Crippen molar-refractivity contribution < 1.29 is 5.11 Å². The second kappa shape index (κ2) is 5.28. The predicted octanol–water partition coefficient (Wildman–Crippen LogP) is 2.42. The van der Waals surface area contributed by atoms with Crippen molar-refractivity contribution in [2.45, 2.75) is 26.1 Å². The minimum Gasteiger partial charge on any atom is -0.392 e. The molecule has 0 radical (unpaired) electrons. The van der Waals surface area contributed by atoms with E-state index in [4.69, 9.17) is 0 Å². The van der Waals surface area contributed by atoms with Crippen LogP contribution in [0, 0.1) is 0 Å². The highest BCUT2D eigenvalue weighted by Crippen LogP contribution is 2.20. The van der Waals surface area contributed by atoms with Crippen molar-refractivity contribution >= 4 is 10.9 Å². The van der Waals surface area contributed by atoms with E-state index in [1.807, 2.05) is 24.7 Å². The molecule has 0 unspecified atom stereocenters. The molecule has 98 valence electrons. The molecule has 1 aromatic carbocycles. The number of para-hydroxylation sites is 1. The highest BCUT2D eigenvalue weighted by atomic mass is 16.3. The van der Waals surface area contributed by atoms with Crippen molar-refractivity contribution in [2.24, 2.45) is 0 Å². The van der Waals surface area contributed by atoms with Crippen LogP contribution in [-0.2, 0) is 19.7 Å². The van der Waals surface area contributed by atoms with Crippen molar-refractivity contribution in [1.29, 1.82) is 0 Å². The van der Waals surface area contributed by atoms with Gasteiger partial charge in [-0.25, -0.2) is 4.98 Å². The van der Waals surface area contributed by atoms with Crippen molar-refractivity contribution in [3.05, 3.63) is 54.7 Å². The fourth-order valence-electron chi connectivity index (χ4n) is 2.50. The Kier molecular flexibility index (Phi) is 3.33. The van der Waals surface area contributed by atoms with E-state index >= 15 is 0 Å². The second-order valence-electron chi connectivity index (χ2n) is 4.68. The van der Waals surface area contributed by atoms with E-state index in [9.17, 15) is 5.11 Å². The number of aliphatic hydroxyl groups is 1.